The summed E-state index contributed by atoms with van der Waals surface area (Å²) in [5, 5.41) is 7.52. The van der Waals surface area contributed by atoms with E-state index in [1.807, 2.05) is 4.90 Å². The number of hydrogen-bond donors (Lipinski definition) is 2. The van der Waals surface area contributed by atoms with Crippen LogP contribution in [0.25, 0.3) is 0 Å². The molecule has 1 fully saturated rings. The van der Waals surface area contributed by atoms with Crippen LogP contribution in [0.15, 0.2) is 18.3 Å². The Kier molecular flexibility index (Phi) is 3.51. The Labute approximate surface area is 106 Å². The van der Waals surface area contributed by atoms with E-state index in [0.717, 1.165) is 0 Å². The smallest absolute Gasteiger partial charge is 0.152 e. The summed E-state index contributed by atoms with van der Waals surface area (Å²) in [5.41, 5.74) is 6.06. The number of nitrogens with two attached hydrogens (primary N) is 1. The zero-order valence-electron chi connectivity index (χ0n) is 9.96. The molecule has 7 heteroatoms. The highest BCUT2D eigenvalue weighted by Crippen LogP contribution is 2.19. The molecule has 3 N–H and O–H groups in total. The first-order valence-corrected chi connectivity index (χ1v) is 7.56. The Morgan fingerprint density at radius 2 is 2.17 bits per heavy atom. The monoisotopic (exact) mass is 268 g/mol. The minimum absolute atomic E-state index is 0.0507. The Morgan fingerprint density at radius 1 is 1.39 bits per heavy atom. The molecule has 1 aliphatic heterocycles. The van der Waals surface area contributed by atoms with Gasteiger partial charge in [-0.25, -0.2) is 13.4 Å². The maximum atomic E-state index is 11.6. The maximum absolute atomic E-state index is 11.6. The van der Waals surface area contributed by atoms with Crippen LogP contribution in [0.5, 0.6) is 0 Å². The summed E-state index contributed by atoms with van der Waals surface area (Å²) in [6, 6.07) is 3.44. The molecule has 0 spiro atoms. The van der Waals surface area contributed by atoms with Crippen LogP contribution in [0, 0.1) is 5.41 Å². The number of rotatable bonds is 2. The lowest BCUT2D eigenvalue weighted by Crippen LogP contribution is -2.30. The molecule has 1 aliphatic rings. The Morgan fingerprint density at radius 3 is 2.89 bits per heavy atom. The average molecular weight is 268 g/mol. The van der Waals surface area contributed by atoms with Gasteiger partial charge in [0.25, 0.3) is 0 Å². The Hall–Kier alpha value is -1.63. The van der Waals surface area contributed by atoms with E-state index in [2.05, 4.69) is 4.98 Å². The number of anilines is 1. The van der Waals surface area contributed by atoms with E-state index in [4.69, 9.17) is 11.1 Å². The van der Waals surface area contributed by atoms with Crippen LogP contribution in [0.2, 0.25) is 0 Å². The molecule has 18 heavy (non-hydrogen) atoms. The van der Waals surface area contributed by atoms with E-state index in [1.54, 1.807) is 18.3 Å². The van der Waals surface area contributed by atoms with Gasteiger partial charge in [0.05, 0.1) is 17.1 Å². The minimum Gasteiger partial charge on any atom is -0.384 e. The highest BCUT2D eigenvalue weighted by Gasteiger charge is 2.22. The fraction of sp³-hybridized carbons (Fsp3) is 0.455. The van der Waals surface area contributed by atoms with Crippen molar-refractivity contribution in [1.82, 2.24) is 4.98 Å². The van der Waals surface area contributed by atoms with Crippen molar-refractivity contribution in [3.05, 3.63) is 23.9 Å². The van der Waals surface area contributed by atoms with Crippen LogP contribution < -0.4 is 10.6 Å². The van der Waals surface area contributed by atoms with Crippen LogP contribution in [0.3, 0.4) is 0 Å². The first kappa shape index (κ1) is 12.8. The van der Waals surface area contributed by atoms with Crippen molar-refractivity contribution in [3.63, 3.8) is 0 Å². The van der Waals surface area contributed by atoms with Gasteiger partial charge in [-0.1, -0.05) is 0 Å². The largest absolute Gasteiger partial charge is 0.384 e. The zero-order chi connectivity index (χ0) is 13.2. The van der Waals surface area contributed by atoms with Crippen LogP contribution in [0.1, 0.15) is 12.0 Å². The van der Waals surface area contributed by atoms with Crippen molar-refractivity contribution in [3.8, 4) is 0 Å². The van der Waals surface area contributed by atoms with Gasteiger partial charge in [0.1, 0.15) is 11.7 Å². The van der Waals surface area contributed by atoms with E-state index < -0.39 is 9.84 Å². The number of hydrogen-bond acceptors (Lipinski definition) is 5. The molecule has 0 radical (unpaired) electrons. The fourth-order valence-electron chi connectivity index (χ4n) is 2.01. The number of nitrogen functional groups attached to an aromatic ring is 1. The van der Waals surface area contributed by atoms with Crippen LogP contribution in [-0.2, 0) is 9.84 Å². The SMILES string of the molecule is N=C(N)c1cccnc1N1CCCS(=O)(=O)CC1. The van der Waals surface area contributed by atoms with Crippen molar-refractivity contribution in [2.75, 3.05) is 29.5 Å². The second kappa shape index (κ2) is 4.93. The van der Waals surface area contributed by atoms with Crippen molar-refractivity contribution < 1.29 is 8.42 Å². The van der Waals surface area contributed by atoms with Crippen LogP contribution >= 0.6 is 0 Å². The van der Waals surface area contributed by atoms with E-state index >= 15 is 0 Å². The van der Waals surface area contributed by atoms with Gasteiger partial charge < -0.3 is 10.6 Å². The van der Waals surface area contributed by atoms with E-state index in [9.17, 15) is 8.42 Å². The second-order valence-corrected chi connectivity index (χ2v) is 6.58. The van der Waals surface area contributed by atoms with Gasteiger partial charge in [0.2, 0.25) is 0 Å². The third kappa shape index (κ3) is 2.79. The lowest BCUT2D eigenvalue weighted by molar-refractivity contribution is 0.597. The summed E-state index contributed by atoms with van der Waals surface area (Å²) < 4.78 is 23.1. The highest BCUT2D eigenvalue weighted by molar-refractivity contribution is 7.91. The van der Waals surface area contributed by atoms with Crippen molar-refractivity contribution in [1.29, 1.82) is 5.41 Å². The number of sulfone groups is 1. The van der Waals surface area contributed by atoms with Crippen molar-refractivity contribution in [2.24, 2.45) is 5.73 Å². The zero-order valence-corrected chi connectivity index (χ0v) is 10.8. The molecular weight excluding hydrogens is 252 g/mol. The van der Waals surface area contributed by atoms with Gasteiger partial charge in [-0.05, 0) is 18.6 Å². The predicted molar refractivity (Wildman–Crippen MR) is 70.7 cm³/mol. The summed E-state index contributed by atoms with van der Waals surface area (Å²) in [6.45, 7) is 1.02. The molecule has 0 bridgehead atoms. The van der Waals surface area contributed by atoms with Gasteiger partial charge >= 0.3 is 0 Å². The minimum atomic E-state index is -2.95. The van der Waals surface area contributed by atoms with Crippen molar-refractivity contribution >= 4 is 21.5 Å². The molecule has 1 aromatic rings. The van der Waals surface area contributed by atoms with Crippen LogP contribution in [0.4, 0.5) is 5.82 Å². The van der Waals surface area contributed by atoms with Crippen LogP contribution in [-0.4, -0.2) is 43.8 Å². The molecule has 0 amide bonds. The maximum Gasteiger partial charge on any atom is 0.152 e. The Bertz CT molecular complexity index is 556. The number of nitrogens with zero attached hydrogens (tertiary/aromatic N) is 2. The summed E-state index contributed by atoms with van der Waals surface area (Å²) in [7, 11) is -2.95. The molecule has 1 aromatic heterocycles. The first-order valence-electron chi connectivity index (χ1n) is 5.74. The van der Waals surface area contributed by atoms with E-state index in [1.165, 1.54) is 0 Å². The molecule has 1 saturated heterocycles. The Balaban J connectivity index is 2.29. The second-order valence-electron chi connectivity index (χ2n) is 4.28. The molecular formula is C11H16N4O2S. The number of pyridine rings is 1. The van der Waals surface area contributed by atoms with Gasteiger partial charge in [0.15, 0.2) is 9.84 Å². The molecule has 98 valence electrons. The molecule has 0 aromatic carbocycles. The van der Waals surface area contributed by atoms with Gasteiger partial charge in [-0.2, -0.15) is 0 Å². The number of aromatic nitrogens is 1. The van der Waals surface area contributed by atoms with E-state index in [-0.39, 0.29) is 17.3 Å². The molecule has 6 nitrogen and oxygen atoms in total. The van der Waals surface area contributed by atoms with Gasteiger partial charge in [-0.15, -0.1) is 0 Å². The summed E-state index contributed by atoms with van der Waals surface area (Å²) in [4.78, 5) is 6.11. The number of amidine groups is 1. The fourth-order valence-corrected chi connectivity index (χ4v) is 3.28. The molecule has 2 rings (SSSR count). The number of nitrogens with one attached hydrogen (secondary N) is 1. The topological polar surface area (TPSA) is 100 Å². The first-order chi connectivity index (χ1) is 8.49. The predicted octanol–water partition coefficient (Wildman–Crippen LogP) is -0.00943. The van der Waals surface area contributed by atoms with Crippen molar-refractivity contribution in [2.45, 2.75) is 6.42 Å². The molecule has 0 aliphatic carbocycles. The third-order valence-electron chi connectivity index (χ3n) is 2.93. The summed E-state index contributed by atoms with van der Waals surface area (Å²) in [6.07, 6.45) is 2.21. The quantitative estimate of drug-likeness (QED) is 0.580. The lowest BCUT2D eigenvalue weighted by Gasteiger charge is -2.22. The van der Waals surface area contributed by atoms with E-state index in [0.29, 0.717) is 30.9 Å². The summed E-state index contributed by atoms with van der Waals surface area (Å²) in [5.74, 6) is 0.888. The van der Waals surface area contributed by atoms with Gasteiger partial charge in [0, 0.05) is 19.3 Å². The average Bonchev–Trinajstić information content (AvgIpc) is 2.50. The highest BCUT2D eigenvalue weighted by atomic mass is 32.2. The third-order valence-corrected chi connectivity index (χ3v) is 4.65. The molecule has 0 saturated carbocycles. The molecule has 0 unspecified atom stereocenters. The molecule has 0 atom stereocenters. The summed E-state index contributed by atoms with van der Waals surface area (Å²) >= 11 is 0. The normalized spacial score (nSPS) is 19.2. The lowest BCUT2D eigenvalue weighted by atomic mass is 10.2. The standard InChI is InChI=1S/C11H16N4O2S/c12-10(13)9-3-1-4-14-11(9)15-5-2-7-18(16,17)8-6-15/h1,3-4H,2,5-8H2,(H3,12,13). The molecule has 2 heterocycles. The van der Waals surface area contributed by atoms with Gasteiger partial charge in [-0.3, -0.25) is 5.41 Å².